The van der Waals surface area contributed by atoms with Crippen molar-refractivity contribution in [3.05, 3.63) is 23.3 Å². The number of hydrogen-bond donors (Lipinski definition) is 0. The van der Waals surface area contributed by atoms with Gasteiger partial charge in [-0.2, -0.15) is 0 Å². The second-order valence-corrected chi connectivity index (χ2v) is 2.82. The summed E-state index contributed by atoms with van der Waals surface area (Å²) in [5.41, 5.74) is 2.29. The minimum atomic E-state index is 0.801. The summed E-state index contributed by atoms with van der Waals surface area (Å²) in [5, 5.41) is 0. The number of rotatable bonds is 2. The fourth-order valence-electron chi connectivity index (χ4n) is 1.33. The fraction of sp³-hybridized carbons (Fsp3) is 0.500. The lowest BCUT2D eigenvalue weighted by atomic mass is 10.1. The molecule has 2 nitrogen and oxygen atoms in total. The molecular formula is C12H20O2. The van der Waals surface area contributed by atoms with Crippen molar-refractivity contribution in [3.8, 4) is 11.5 Å². The first kappa shape index (κ1) is 12.8. The third-order valence-electron chi connectivity index (χ3n) is 1.81. The monoisotopic (exact) mass is 196 g/mol. The zero-order valence-electron chi connectivity index (χ0n) is 9.97. The van der Waals surface area contributed by atoms with Crippen molar-refractivity contribution in [1.82, 2.24) is 0 Å². The molecule has 0 N–H and O–H groups in total. The largest absolute Gasteiger partial charge is 0.493 e. The van der Waals surface area contributed by atoms with E-state index < -0.39 is 0 Å². The summed E-state index contributed by atoms with van der Waals surface area (Å²) in [6.45, 7) is 8.04. The maximum absolute atomic E-state index is 5.20. The van der Waals surface area contributed by atoms with Crippen LogP contribution < -0.4 is 9.47 Å². The van der Waals surface area contributed by atoms with Gasteiger partial charge in [-0.15, -0.1) is 0 Å². The summed E-state index contributed by atoms with van der Waals surface area (Å²) in [6.07, 6.45) is 0. The van der Waals surface area contributed by atoms with Gasteiger partial charge in [-0.05, 0) is 31.0 Å². The average Bonchev–Trinajstić information content (AvgIpc) is 2.19. The van der Waals surface area contributed by atoms with Crippen LogP contribution in [0.25, 0.3) is 0 Å². The minimum absolute atomic E-state index is 0.801. The van der Waals surface area contributed by atoms with Crippen LogP contribution in [0.3, 0.4) is 0 Å². The fourth-order valence-corrected chi connectivity index (χ4v) is 1.33. The Hall–Kier alpha value is -1.18. The third kappa shape index (κ3) is 2.95. The summed E-state index contributed by atoms with van der Waals surface area (Å²) in [4.78, 5) is 0. The van der Waals surface area contributed by atoms with E-state index in [1.807, 2.05) is 33.8 Å². The Bertz CT molecular complexity index is 280. The molecule has 2 heteroatoms. The van der Waals surface area contributed by atoms with E-state index in [1.165, 1.54) is 5.56 Å². The van der Waals surface area contributed by atoms with Gasteiger partial charge in [-0.1, -0.05) is 19.9 Å². The van der Waals surface area contributed by atoms with Gasteiger partial charge in [0.25, 0.3) is 0 Å². The molecule has 0 spiro atoms. The molecule has 0 fully saturated rings. The van der Waals surface area contributed by atoms with Crippen molar-refractivity contribution in [2.45, 2.75) is 27.7 Å². The van der Waals surface area contributed by atoms with E-state index in [4.69, 9.17) is 9.47 Å². The normalized spacial score (nSPS) is 8.71. The standard InChI is InChI=1S/C10H14O2.C2H6/c1-7-5-8(2)10(12-4)9(6-7)11-3;1-2/h5-6H,1-4H3;1-2H3. The molecule has 0 unspecified atom stereocenters. The Morgan fingerprint density at radius 2 is 1.50 bits per heavy atom. The van der Waals surface area contributed by atoms with Crippen LogP contribution in [0.15, 0.2) is 12.1 Å². The van der Waals surface area contributed by atoms with Gasteiger partial charge in [0.2, 0.25) is 0 Å². The van der Waals surface area contributed by atoms with Gasteiger partial charge in [0.1, 0.15) is 0 Å². The summed E-state index contributed by atoms with van der Waals surface area (Å²) in [7, 11) is 3.30. The van der Waals surface area contributed by atoms with E-state index in [0.29, 0.717) is 0 Å². The van der Waals surface area contributed by atoms with Crippen LogP contribution in [0, 0.1) is 13.8 Å². The van der Waals surface area contributed by atoms with Crippen molar-refractivity contribution in [2.75, 3.05) is 14.2 Å². The van der Waals surface area contributed by atoms with Gasteiger partial charge in [0.15, 0.2) is 11.5 Å². The van der Waals surface area contributed by atoms with Gasteiger partial charge in [0, 0.05) is 0 Å². The Labute approximate surface area is 86.9 Å². The number of hydrogen-bond acceptors (Lipinski definition) is 2. The van der Waals surface area contributed by atoms with Crippen LogP contribution in [0.1, 0.15) is 25.0 Å². The molecule has 1 aromatic carbocycles. The molecule has 0 aliphatic carbocycles. The number of methoxy groups -OCH3 is 2. The lowest BCUT2D eigenvalue weighted by Crippen LogP contribution is -1.93. The second kappa shape index (κ2) is 6.30. The van der Waals surface area contributed by atoms with E-state index in [2.05, 4.69) is 6.07 Å². The zero-order chi connectivity index (χ0) is 11.1. The summed E-state index contributed by atoms with van der Waals surface area (Å²) in [5.74, 6) is 1.62. The molecular weight excluding hydrogens is 176 g/mol. The Morgan fingerprint density at radius 3 is 1.93 bits per heavy atom. The van der Waals surface area contributed by atoms with Crippen LogP contribution >= 0.6 is 0 Å². The van der Waals surface area contributed by atoms with E-state index in [-0.39, 0.29) is 0 Å². The molecule has 0 radical (unpaired) electrons. The van der Waals surface area contributed by atoms with Crippen LogP contribution in [-0.4, -0.2) is 14.2 Å². The van der Waals surface area contributed by atoms with E-state index in [1.54, 1.807) is 14.2 Å². The molecule has 0 heterocycles. The highest BCUT2D eigenvalue weighted by Crippen LogP contribution is 2.31. The maximum Gasteiger partial charge on any atom is 0.163 e. The molecule has 0 aliphatic rings. The molecule has 0 amide bonds. The molecule has 0 aromatic heterocycles. The van der Waals surface area contributed by atoms with Gasteiger partial charge in [-0.3, -0.25) is 0 Å². The first-order chi connectivity index (χ1) is 6.69. The van der Waals surface area contributed by atoms with Crippen molar-refractivity contribution >= 4 is 0 Å². The summed E-state index contributed by atoms with van der Waals surface area (Å²) in [6, 6.07) is 4.03. The SMILES string of the molecule is CC.COc1cc(C)cc(C)c1OC. The summed E-state index contributed by atoms with van der Waals surface area (Å²) >= 11 is 0. The molecule has 0 saturated carbocycles. The molecule has 0 atom stereocenters. The van der Waals surface area contributed by atoms with Crippen molar-refractivity contribution < 1.29 is 9.47 Å². The number of benzene rings is 1. The van der Waals surface area contributed by atoms with Crippen molar-refractivity contribution in [3.63, 3.8) is 0 Å². The van der Waals surface area contributed by atoms with E-state index >= 15 is 0 Å². The molecule has 80 valence electrons. The molecule has 0 bridgehead atoms. The topological polar surface area (TPSA) is 18.5 Å². The third-order valence-corrected chi connectivity index (χ3v) is 1.81. The summed E-state index contributed by atoms with van der Waals surface area (Å²) < 4.78 is 10.4. The van der Waals surface area contributed by atoms with Gasteiger partial charge in [0.05, 0.1) is 14.2 Å². The van der Waals surface area contributed by atoms with Crippen LogP contribution in [0.4, 0.5) is 0 Å². The van der Waals surface area contributed by atoms with Crippen molar-refractivity contribution in [2.24, 2.45) is 0 Å². The lowest BCUT2D eigenvalue weighted by Gasteiger charge is -2.10. The first-order valence-electron chi connectivity index (χ1n) is 4.88. The number of ether oxygens (including phenoxy) is 2. The molecule has 14 heavy (non-hydrogen) atoms. The quantitative estimate of drug-likeness (QED) is 0.722. The Kier molecular flexibility index (Phi) is 5.77. The molecule has 0 aliphatic heterocycles. The van der Waals surface area contributed by atoms with Crippen LogP contribution in [0.5, 0.6) is 11.5 Å². The average molecular weight is 196 g/mol. The molecule has 1 rings (SSSR count). The van der Waals surface area contributed by atoms with Gasteiger partial charge in [-0.25, -0.2) is 0 Å². The zero-order valence-corrected chi connectivity index (χ0v) is 9.97. The van der Waals surface area contributed by atoms with Gasteiger partial charge < -0.3 is 9.47 Å². The highest BCUT2D eigenvalue weighted by atomic mass is 16.5. The van der Waals surface area contributed by atoms with Crippen LogP contribution in [0.2, 0.25) is 0 Å². The smallest absolute Gasteiger partial charge is 0.163 e. The highest BCUT2D eigenvalue weighted by molar-refractivity contribution is 5.48. The second-order valence-electron chi connectivity index (χ2n) is 2.82. The molecule has 1 aromatic rings. The first-order valence-corrected chi connectivity index (χ1v) is 4.88. The lowest BCUT2D eigenvalue weighted by molar-refractivity contribution is 0.352. The minimum Gasteiger partial charge on any atom is -0.493 e. The predicted octanol–water partition coefficient (Wildman–Crippen LogP) is 3.35. The van der Waals surface area contributed by atoms with Gasteiger partial charge >= 0.3 is 0 Å². The molecule has 0 saturated heterocycles. The number of aryl methyl sites for hydroxylation is 2. The highest BCUT2D eigenvalue weighted by Gasteiger charge is 2.06. The maximum atomic E-state index is 5.20. The van der Waals surface area contributed by atoms with Crippen molar-refractivity contribution in [1.29, 1.82) is 0 Å². The van der Waals surface area contributed by atoms with E-state index in [0.717, 1.165) is 17.1 Å². The predicted molar refractivity (Wildman–Crippen MR) is 60.4 cm³/mol. The van der Waals surface area contributed by atoms with E-state index in [9.17, 15) is 0 Å². The Morgan fingerprint density at radius 1 is 0.929 bits per heavy atom. The Balaban J connectivity index is 0.000000791. The van der Waals surface area contributed by atoms with Crippen LogP contribution in [-0.2, 0) is 0 Å².